The van der Waals surface area contributed by atoms with E-state index in [2.05, 4.69) is 46.9 Å². The molecule has 21 nitrogen and oxygen atoms in total. The third-order valence-electron chi connectivity index (χ3n) is 13.7. The molecule has 32 heteroatoms. The quantitative estimate of drug-likeness (QED) is 0.0355. The van der Waals surface area contributed by atoms with Crippen molar-refractivity contribution in [2.75, 3.05) is 39.4 Å². The zero-order chi connectivity index (χ0) is 75.6. The van der Waals surface area contributed by atoms with Crippen molar-refractivity contribution in [1.82, 2.24) is 30.9 Å². The molecule has 0 saturated carbocycles. The molecule has 0 aliphatic carbocycles. The Hall–Kier alpha value is -10.4. The molecule has 1 unspecified atom stereocenters. The number of nitrogens with zero attached hydrogens (tertiary/aromatic N) is 3. The van der Waals surface area contributed by atoms with Gasteiger partial charge in [0.05, 0.1) is 31.8 Å². The number of benzene rings is 6. The molecule has 0 aliphatic rings. The summed E-state index contributed by atoms with van der Waals surface area (Å²) < 4.78 is 90.4. The first-order chi connectivity index (χ1) is 48.0. The number of hydrogen-bond donors (Lipinski definition) is 12. The molecule has 9 rings (SSSR count). The van der Waals surface area contributed by atoms with Gasteiger partial charge >= 0.3 is 0 Å². The van der Waals surface area contributed by atoms with Gasteiger partial charge in [0, 0.05) is 124 Å². The van der Waals surface area contributed by atoms with Crippen molar-refractivity contribution in [1.29, 1.82) is 0 Å². The second-order valence-electron chi connectivity index (χ2n) is 22.9. The minimum absolute atomic E-state index is 0.0691. The van der Waals surface area contributed by atoms with Crippen LogP contribution >= 0.6 is 47.0 Å². The van der Waals surface area contributed by atoms with Crippen molar-refractivity contribution >= 4 is 117 Å². The minimum atomic E-state index is -1.79. The molecule has 0 radical (unpaired) electrons. The number of nitrogen functional groups attached to an aromatic ring is 3. The zero-order valence-electron chi connectivity index (χ0n) is 54.9. The third-order valence-corrected chi connectivity index (χ3v) is 14.7. The number of carbonyl (C=O) groups is 6. The van der Waals surface area contributed by atoms with Crippen molar-refractivity contribution in [3.8, 4) is 33.4 Å². The van der Waals surface area contributed by atoms with Crippen molar-refractivity contribution in [3.63, 3.8) is 0 Å². The number of pyridine rings is 3. The highest BCUT2D eigenvalue weighted by molar-refractivity contribution is 7.93. The molecular formula is C70H66Cl3F7N12O9S. The van der Waals surface area contributed by atoms with E-state index in [0.717, 1.165) is 36.4 Å². The number of rotatable bonds is 18. The predicted octanol–water partition coefficient (Wildman–Crippen LogP) is 13.5. The fourth-order valence-corrected chi connectivity index (χ4v) is 10.1. The predicted molar refractivity (Wildman–Crippen MR) is 380 cm³/mol. The highest BCUT2D eigenvalue weighted by Gasteiger charge is 2.25. The topological polar surface area (TPSA) is 352 Å². The molecule has 0 bridgehead atoms. The van der Waals surface area contributed by atoms with Gasteiger partial charge in [-0.3, -0.25) is 28.8 Å². The van der Waals surface area contributed by atoms with Crippen LogP contribution in [0.25, 0.3) is 33.4 Å². The van der Waals surface area contributed by atoms with Gasteiger partial charge in [-0.15, -0.1) is 0 Å². The van der Waals surface area contributed by atoms with E-state index in [1.807, 2.05) is 41.5 Å². The van der Waals surface area contributed by atoms with Gasteiger partial charge in [0.25, 0.3) is 35.4 Å². The second kappa shape index (κ2) is 36.8. The summed E-state index contributed by atoms with van der Waals surface area (Å²) in [5.41, 5.74) is 21.3. The highest BCUT2D eigenvalue weighted by atomic mass is 35.5. The maximum Gasteiger partial charge on any atom is 0.257 e. The summed E-state index contributed by atoms with van der Waals surface area (Å²) in [4.78, 5) is 86.3. The SMILES string of the molecule is CC(C)NC(=O)c1cc(-c2ccc(NC(=O)C(O)c3cc(F)cc(F)c3)cc2Cl)cnc1N.CC(C)NC(=O)c1cc(-c2ccc(NC(=O)[C@@H](O)c3cc(F)cc(F)c3)cc2Cl)cnc1N.CC(C)NC(=O)c1cc(-c2ccc(NC(=O)[C@H](O)c3cc(F)cc(F)c3)cc2Cl)cnc1N.CSF. The summed E-state index contributed by atoms with van der Waals surface area (Å²) in [7, 11) is 0. The number of halogens is 10. The Morgan fingerprint density at radius 3 is 0.804 bits per heavy atom. The fraction of sp³-hybridized carbons (Fsp3) is 0.186. The third kappa shape index (κ3) is 22.8. The summed E-state index contributed by atoms with van der Waals surface area (Å²) in [6.45, 7) is 10.9. The lowest BCUT2D eigenvalue weighted by atomic mass is 10.0. The van der Waals surface area contributed by atoms with Gasteiger partial charge in [-0.2, -0.15) is 3.89 Å². The summed E-state index contributed by atoms with van der Waals surface area (Å²) >= 11 is 19.4. The smallest absolute Gasteiger partial charge is 0.257 e. The molecule has 0 fully saturated rings. The lowest BCUT2D eigenvalue weighted by Crippen LogP contribution is -2.30. The number of amides is 6. The van der Waals surface area contributed by atoms with Gasteiger partial charge in [0.1, 0.15) is 52.4 Å². The summed E-state index contributed by atoms with van der Waals surface area (Å²) in [5.74, 6) is -9.10. The van der Waals surface area contributed by atoms with Crippen LogP contribution in [0.4, 0.5) is 64.7 Å². The molecule has 6 amide bonds. The molecule has 0 saturated heterocycles. The summed E-state index contributed by atoms with van der Waals surface area (Å²) in [6.07, 6.45) is 0.376. The molecule has 3 atom stereocenters. The number of hydrogen-bond acceptors (Lipinski definition) is 16. The van der Waals surface area contributed by atoms with Crippen LogP contribution in [-0.2, 0) is 14.4 Å². The Balaban J connectivity index is 0.000000236. The molecule has 102 heavy (non-hydrogen) atoms. The molecule has 3 aromatic heterocycles. The van der Waals surface area contributed by atoms with Crippen molar-refractivity contribution in [2.24, 2.45) is 0 Å². The van der Waals surface area contributed by atoms with Gasteiger partial charge in [0.15, 0.2) is 18.3 Å². The first kappa shape index (κ1) is 80.6. The molecule has 0 spiro atoms. The van der Waals surface area contributed by atoms with E-state index in [1.165, 1.54) is 61.2 Å². The Morgan fingerprint density at radius 1 is 0.392 bits per heavy atom. The van der Waals surface area contributed by atoms with Gasteiger partial charge in [-0.05, 0) is 149 Å². The number of aliphatic hydroxyl groups excluding tert-OH is 3. The van der Waals surface area contributed by atoms with E-state index in [4.69, 9.17) is 52.0 Å². The molecule has 6 aromatic carbocycles. The maximum atomic E-state index is 13.4. The number of nitrogens with one attached hydrogen (secondary N) is 6. The Bertz CT molecular complexity index is 4080. The maximum absolute atomic E-state index is 13.4. The van der Waals surface area contributed by atoms with E-state index >= 15 is 0 Å². The molecule has 9 aromatic rings. The Kier molecular flexibility index (Phi) is 29.1. The largest absolute Gasteiger partial charge is 0.383 e. The van der Waals surface area contributed by atoms with Gasteiger partial charge in [-0.1, -0.05) is 53.0 Å². The van der Waals surface area contributed by atoms with Crippen LogP contribution in [0.3, 0.4) is 0 Å². The van der Waals surface area contributed by atoms with Crippen LogP contribution in [0.1, 0.15) is 108 Å². The molecular weight excluding hydrogens is 1420 g/mol. The standard InChI is InChI=1S/3C23H21ClF2N4O3.CH3FS/c3*1-11(2)29-22(32)18-7-13(10-28-21(18)27)17-4-3-16(9-19(17)24)30-23(33)20(31)12-5-14(25)8-15(26)6-12;1-3-2/h3*3-11,20,31H,1-2H3,(H2,27,28)(H,29,32)(H,30,33);1H3/t2*20-;;/m10../s1. The van der Waals surface area contributed by atoms with Crippen LogP contribution in [0.5, 0.6) is 0 Å². The van der Waals surface area contributed by atoms with E-state index in [-0.39, 0.29) is 131 Å². The fourth-order valence-electron chi connectivity index (χ4n) is 9.20. The zero-order valence-corrected chi connectivity index (χ0v) is 58.0. The van der Waals surface area contributed by atoms with Gasteiger partial charge < -0.3 is 64.4 Å². The minimum Gasteiger partial charge on any atom is -0.383 e. The number of nitrogens with two attached hydrogens (primary N) is 3. The monoisotopic (exact) mass is 1490 g/mol. The van der Waals surface area contributed by atoms with Crippen LogP contribution in [0.2, 0.25) is 15.1 Å². The Morgan fingerprint density at radius 2 is 0.608 bits per heavy atom. The van der Waals surface area contributed by atoms with Gasteiger partial charge in [-0.25, -0.2) is 41.3 Å². The molecule has 3 heterocycles. The van der Waals surface area contributed by atoms with Crippen LogP contribution in [-0.4, -0.2) is 90.1 Å². The Labute approximate surface area is 599 Å². The molecule has 15 N–H and O–H groups in total. The van der Waals surface area contributed by atoms with Crippen LogP contribution in [0.15, 0.2) is 146 Å². The number of aliphatic hydroxyl groups is 3. The average Bonchev–Trinajstić information content (AvgIpc) is 0.818. The normalized spacial score (nSPS) is 11.7. The molecule has 0 aliphatic heterocycles. The number of aromatic nitrogens is 3. The van der Waals surface area contributed by atoms with Gasteiger partial charge in [0.2, 0.25) is 0 Å². The van der Waals surface area contributed by atoms with E-state index in [0.29, 0.717) is 51.6 Å². The second-order valence-corrected chi connectivity index (χ2v) is 24.4. The average molecular weight is 1490 g/mol. The van der Waals surface area contributed by atoms with Crippen molar-refractivity contribution < 1.29 is 74.3 Å². The first-order valence-electron chi connectivity index (χ1n) is 30.1. The van der Waals surface area contributed by atoms with E-state index < -0.39 is 70.9 Å². The number of carbonyl (C=O) groups excluding carboxylic acids is 6. The molecule has 536 valence electrons. The lowest BCUT2D eigenvalue weighted by molar-refractivity contribution is -0.124. The summed E-state index contributed by atoms with van der Waals surface area (Å²) in [5, 5.41) is 46.6. The van der Waals surface area contributed by atoms with Crippen LogP contribution < -0.4 is 49.1 Å². The number of anilines is 6. The van der Waals surface area contributed by atoms with Crippen LogP contribution in [0, 0.1) is 34.9 Å². The van der Waals surface area contributed by atoms with E-state index in [9.17, 15) is 74.3 Å². The summed E-state index contributed by atoms with van der Waals surface area (Å²) in [6, 6.07) is 25.1. The first-order valence-corrected chi connectivity index (χ1v) is 32.4. The van der Waals surface area contributed by atoms with Crippen molar-refractivity contribution in [3.05, 3.63) is 229 Å². The van der Waals surface area contributed by atoms with E-state index in [1.54, 1.807) is 36.4 Å². The highest BCUT2D eigenvalue weighted by Crippen LogP contribution is 2.36. The van der Waals surface area contributed by atoms with Crippen molar-refractivity contribution in [2.45, 2.75) is 78.0 Å². The lowest BCUT2D eigenvalue weighted by Gasteiger charge is -2.14.